The third-order valence-corrected chi connectivity index (χ3v) is 5.64. The molecular weight excluding hydrogens is 244 g/mol. The molecule has 0 aliphatic heterocycles. The number of rotatable bonds is 4. The van der Waals surface area contributed by atoms with E-state index in [0.29, 0.717) is 13.1 Å². The summed E-state index contributed by atoms with van der Waals surface area (Å²) in [6, 6.07) is 2.27. The Morgan fingerprint density at radius 3 is 2.83 bits per heavy atom. The molecule has 98 valence electrons. The van der Waals surface area contributed by atoms with Crippen LogP contribution in [0.15, 0.2) is 6.07 Å². The first-order valence-electron chi connectivity index (χ1n) is 6.82. The maximum atomic E-state index is 12.1. The van der Waals surface area contributed by atoms with Gasteiger partial charge in [0.1, 0.15) is 0 Å². The molecule has 1 aromatic heterocycles. The molecule has 18 heavy (non-hydrogen) atoms. The lowest BCUT2D eigenvalue weighted by molar-refractivity contribution is -0.135. The van der Waals surface area contributed by atoms with Crippen molar-refractivity contribution in [2.45, 2.75) is 45.1 Å². The molecule has 1 aromatic rings. The summed E-state index contributed by atoms with van der Waals surface area (Å²) in [5, 5.41) is 3.07. The molecule has 3 nitrogen and oxygen atoms in total. The number of carbonyl (C=O) groups is 1. The number of amides is 1. The van der Waals surface area contributed by atoms with E-state index in [-0.39, 0.29) is 11.3 Å². The fourth-order valence-corrected chi connectivity index (χ4v) is 4.16. The summed E-state index contributed by atoms with van der Waals surface area (Å²) >= 11 is 1.86. The summed E-state index contributed by atoms with van der Waals surface area (Å²) in [6.07, 6.45) is 6.78. The molecule has 0 bridgehead atoms. The van der Waals surface area contributed by atoms with E-state index >= 15 is 0 Å². The highest BCUT2D eigenvalue weighted by Gasteiger charge is 2.42. The molecule has 3 rings (SSSR count). The number of fused-ring (bicyclic) bond motifs is 1. The van der Waals surface area contributed by atoms with Gasteiger partial charge in [-0.2, -0.15) is 0 Å². The number of nitrogens with one attached hydrogen (secondary N) is 1. The van der Waals surface area contributed by atoms with Gasteiger partial charge in [-0.3, -0.25) is 4.79 Å². The van der Waals surface area contributed by atoms with Crippen LogP contribution in [-0.4, -0.2) is 12.5 Å². The van der Waals surface area contributed by atoms with E-state index in [1.54, 1.807) is 0 Å². The topological polar surface area (TPSA) is 55.1 Å². The monoisotopic (exact) mass is 264 g/mol. The second-order valence-corrected chi connectivity index (χ2v) is 6.76. The largest absolute Gasteiger partial charge is 0.351 e. The van der Waals surface area contributed by atoms with Crippen LogP contribution < -0.4 is 11.1 Å². The Labute approximate surface area is 112 Å². The normalized spacial score (nSPS) is 20.3. The van der Waals surface area contributed by atoms with Crippen molar-refractivity contribution in [1.29, 1.82) is 0 Å². The summed E-state index contributed by atoms with van der Waals surface area (Å²) < 4.78 is 0. The highest BCUT2D eigenvalue weighted by atomic mass is 32.1. The summed E-state index contributed by atoms with van der Waals surface area (Å²) in [7, 11) is 0. The molecule has 0 atom stereocenters. The van der Waals surface area contributed by atoms with Crippen LogP contribution in [0.2, 0.25) is 0 Å². The summed E-state index contributed by atoms with van der Waals surface area (Å²) in [5.74, 6) is 0.157. The van der Waals surface area contributed by atoms with Gasteiger partial charge in [0.05, 0.1) is 12.0 Å². The summed E-state index contributed by atoms with van der Waals surface area (Å²) in [5.41, 5.74) is 6.99. The minimum atomic E-state index is -0.250. The lowest BCUT2D eigenvalue weighted by Crippen LogP contribution is -2.50. The van der Waals surface area contributed by atoms with Crippen molar-refractivity contribution in [3.05, 3.63) is 21.4 Å². The fourth-order valence-electron chi connectivity index (χ4n) is 2.96. The first-order valence-corrected chi connectivity index (χ1v) is 7.64. The van der Waals surface area contributed by atoms with Crippen LogP contribution >= 0.6 is 11.3 Å². The van der Waals surface area contributed by atoms with E-state index in [1.807, 2.05) is 11.3 Å². The Bertz CT molecular complexity index is 435. The van der Waals surface area contributed by atoms with E-state index < -0.39 is 0 Å². The molecule has 0 radical (unpaired) electrons. The molecule has 2 aliphatic carbocycles. The number of nitrogens with two attached hydrogens (primary N) is 1. The highest BCUT2D eigenvalue weighted by Crippen LogP contribution is 2.40. The maximum Gasteiger partial charge on any atom is 0.227 e. The van der Waals surface area contributed by atoms with Gasteiger partial charge < -0.3 is 11.1 Å². The molecule has 3 N–H and O–H groups in total. The first kappa shape index (κ1) is 12.2. The van der Waals surface area contributed by atoms with Crippen LogP contribution in [0.1, 0.15) is 41.0 Å². The number of thiophene rings is 1. The van der Waals surface area contributed by atoms with Crippen molar-refractivity contribution >= 4 is 17.2 Å². The Morgan fingerprint density at radius 2 is 2.22 bits per heavy atom. The van der Waals surface area contributed by atoms with E-state index in [0.717, 1.165) is 19.3 Å². The zero-order chi connectivity index (χ0) is 12.6. The Kier molecular flexibility index (Phi) is 3.16. The van der Waals surface area contributed by atoms with Crippen LogP contribution in [-0.2, 0) is 24.2 Å². The van der Waals surface area contributed by atoms with Crippen LogP contribution in [0.4, 0.5) is 0 Å². The third kappa shape index (κ3) is 1.97. The van der Waals surface area contributed by atoms with Gasteiger partial charge in [0.15, 0.2) is 0 Å². The van der Waals surface area contributed by atoms with E-state index in [1.165, 1.54) is 34.6 Å². The van der Waals surface area contributed by atoms with Crippen molar-refractivity contribution in [2.75, 3.05) is 6.54 Å². The zero-order valence-electron chi connectivity index (χ0n) is 10.6. The number of hydrogen-bond donors (Lipinski definition) is 2. The van der Waals surface area contributed by atoms with Gasteiger partial charge >= 0.3 is 0 Å². The molecule has 1 amide bonds. The molecular formula is C14H20N2OS. The average Bonchev–Trinajstić information content (AvgIpc) is 2.85. The number of aryl methyl sites for hydroxylation is 2. The van der Waals surface area contributed by atoms with Crippen molar-refractivity contribution in [2.24, 2.45) is 11.1 Å². The van der Waals surface area contributed by atoms with Crippen LogP contribution in [0.25, 0.3) is 0 Å². The average molecular weight is 264 g/mol. The molecule has 0 aromatic carbocycles. The summed E-state index contributed by atoms with van der Waals surface area (Å²) in [6.45, 7) is 1.16. The highest BCUT2D eigenvalue weighted by molar-refractivity contribution is 7.12. The van der Waals surface area contributed by atoms with Gasteiger partial charge in [-0.05, 0) is 43.7 Å². The van der Waals surface area contributed by atoms with Crippen LogP contribution in [0, 0.1) is 5.41 Å². The Morgan fingerprint density at radius 1 is 1.39 bits per heavy atom. The predicted molar refractivity (Wildman–Crippen MR) is 73.5 cm³/mol. The lowest BCUT2D eigenvalue weighted by atomic mass is 9.68. The molecule has 1 heterocycles. The minimum Gasteiger partial charge on any atom is -0.351 e. The van der Waals surface area contributed by atoms with Crippen LogP contribution in [0.3, 0.4) is 0 Å². The first-order chi connectivity index (χ1) is 8.73. The van der Waals surface area contributed by atoms with Gasteiger partial charge in [-0.1, -0.05) is 6.42 Å². The van der Waals surface area contributed by atoms with Gasteiger partial charge in [-0.25, -0.2) is 0 Å². The molecule has 2 aliphatic rings. The van der Waals surface area contributed by atoms with Crippen molar-refractivity contribution in [3.8, 4) is 0 Å². The van der Waals surface area contributed by atoms with Crippen molar-refractivity contribution in [1.82, 2.24) is 5.32 Å². The second-order valence-electron chi connectivity index (χ2n) is 5.54. The third-order valence-electron chi connectivity index (χ3n) is 4.40. The van der Waals surface area contributed by atoms with Crippen molar-refractivity contribution in [3.63, 3.8) is 0 Å². The minimum absolute atomic E-state index is 0.157. The van der Waals surface area contributed by atoms with Gasteiger partial charge in [0.2, 0.25) is 5.91 Å². The quantitative estimate of drug-likeness (QED) is 0.873. The van der Waals surface area contributed by atoms with Gasteiger partial charge in [0, 0.05) is 16.3 Å². The van der Waals surface area contributed by atoms with Crippen molar-refractivity contribution < 1.29 is 4.79 Å². The van der Waals surface area contributed by atoms with E-state index in [4.69, 9.17) is 5.73 Å². The van der Waals surface area contributed by atoms with Gasteiger partial charge in [-0.15, -0.1) is 11.3 Å². The molecule has 4 heteroatoms. The van der Waals surface area contributed by atoms with Gasteiger partial charge in [0.25, 0.3) is 0 Å². The zero-order valence-corrected chi connectivity index (χ0v) is 11.4. The molecule has 0 spiro atoms. The Balaban J connectivity index is 1.59. The molecule has 1 saturated carbocycles. The maximum absolute atomic E-state index is 12.1. The lowest BCUT2D eigenvalue weighted by Gasteiger charge is -2.39. The summed E-state index contributed by atoms with van der Waals surface area (Å²) in [4.78, 5) is 15.0. The van der Waals surface area contributed by atoms with E-state index in [2.05, 4.69) is 11.4 Å². The SMILES string of the molecule is NCC1(C(=O)NCc2cc3c(s2)CCC3)CCC1. The molecule has 0 saturated heterocycles. The Hall–Kier alpha value is -0.870. The molecule has 1 fully saturated rings. The smallest absolute Gasteiger partial charge is 0.227 e. The number of carbonyl (C=O) groups excluding carboxylic acids is 1. The number of hydrogen-bond acceptors (Lipinski definition) is 3. The predicted octanol–water partition coefficient (Wildman–Crippen LogP) is 1.98. The van der Waals surface area contributed by atoms with E-state index in [9.17, 15) is 4.79 Å². The van der Waals surface area contributed by atoms with Crippen LogP contribution in [0.5, 0.6) is 0 Å². The fraction of sp³-hybridized carbons (Fsp3) is 0.643. The second kappa shape index (κ2) is 4.67. The molecule has 0 unspecified atom stereocenters. The standard InChI is InChI=1S/C14H20N2OS/c15-9-14(5-2-6-14)13(17)16-8-11-7-10-3-1-4-12(10)18-11/h7H,1-6,8-9,15H2,(H,16,17).